The molecule has 0 aliphatic carbocycles. The summed E-state index contributed by atoms with van der Waals surface area (Å²) in [6, 6.07) is 4.08. The van der Waals surface area contributed by atoms with Gasteiger partial charge in [-0.25, -0.2) is 15.0 Å². The van der Waals surface area contributed by atoms with E-state index in [4.69, 9.17) is 4.98 Å². The fraction of sp³-hybridized carbons (Fsp3) is 0.560. The summed E-state index contributed by atoms with van der Waals surface area (Å²) in [7, 11) is 0. The fourth-order valence-electron chi connectivity index (χ4n) is 4.54. The molecular formula is C25H37N7O2. The molecule has 0 bridgehead atoms. The average molecular weight is 468 g/mol. The minimum atomic E-state index is -0.144. The van der Waals surface area contributed by atoms with Gasteiger partial charge in [-0.3, -0.25) is 0 Å². The van der Waals surface area contributed by atoms with E-state index in [2.05, 4.69) is 57.2 Å². The third-order valence-corrected chi connectivity index (χ3v) is 6.23. The van der Waals surface area contributed by atoms with E-state index in [-0.39, 0.29) is 18.8 Å². The zero-order valence-corrected chi connectivity index (χ0v) is 20.5. The summed E-state index contributed by atoms with van der Waals surface area (Å²) >= 11 is 0. The number of pyridine rings is 1. The number of likely N-dealkylation sites (tertiary alicyclic amines) is 1. The molecule has 2 aliphatic rings. The molecule has 0 saturated carbocycles. The molecule has 2 aromatic rings. The third-order valence-electron chi connectivity index (χ3n) is 6.23. The second-order valence-corrected chi connectivity index (χ2v) is 10.1. The molecule has 9 heteroatoms. The van der Waals surface area contributed by atoms with Crippen LogP contribution in [0.3, 0.4) is 0 Å². The predicted octanol–water partition coefficient (Wildman–Crippen LogP) is 2.78. The standard InChI is InChI=1S/C25H37N7O2/c1-25(2,3)30-24-20-16-32(11-13-34)9-6-19(20)14-23(29-24)28-22-15-21(26-17-27-22)18-4-7-31(8-5-18)10-12-33/h6,9,14-15,17-18,33-34H,4-5,7-8,10-13,16H2,1-3H3,(H2,26,27,28,29,30). The van der Waals surface area contributed by atoms with E-state index in [0.717, 1.165) is 66.8 Å². The number of rotatable bonds is 8. The average Bonchev–Trinajstić information content (AvgIpc) is 2.80. The Morgan fingerprint density at radius 2 is 1.79 bits per heavy atom. The maximum Gasteiger partial charge on any atom is 0.135 e. The molecule has 0 spiro atoms. The van der Waals surface area contributed by atoms with Crippen LogP contribution in [0.5, 0.6) is 0 Å². The monoisotopic (exact) mass is 467 g/mol. The van der Waals surface area contributed by atoms with Crippen molar-refractivity contribution in [1.29, 1.82) is 0 Å². The van der Waals surface area contributed by atoms with E-state index in [1.807, 2.05) is 18.3 Å². The maximum atomic E-state index is 9.34. The van der Waals surface area contributed by atoms with Crippen LogP contribution in [0.2, 0.25) is 0 Å². The van der Waals surface area contributed by atoms with Gasteiger partial charge in [-0.1, -0.05) is 0 Å². The second-order valence-electron chi connectivity index (χ2n) is 10.1. The van der Waals surface area contributed by atoms with Crippen LogP contribution < -0.4 is 10.6 Å². The minimum absolute atomic E-state index is 0.116. The number of aliphatic hydroxyl groups excluding tert-OH is 2. The summed E-state index contributed by atoms with van der Waals surface area (Å²) in [6.07, 6.45) is 7.78. The summed E-state index contributed by atoms with van der Waals surface area (Å²) in [6.45, 7) is 10.7. The van der Waals surface area contributed by atoms with Crippen molar-refractivity contribution in [2.45, 2.75) is 51.6 Å². The molecule has 2 aromatic heterocycles. The maximum absolute atomic E-state index is 9.34. The Kier molecular flexibility index (Phi) is 7.65. The van der Waals surface area contributed by atoms with Gasteiger partial charge in [0.15, 0.2) is 0 Å². The summed E-state index contributed by atoms with van der Waals surface area (Å²) in [5, 5.41) is 25.5. The normalized spacial score (nSPS) is 17.0. The van der Waals surface area contributed by atoms with Crippen LogP contribution in [0.15, 0.2) is 24.7 Å². The van der Waals surface area contributed by atoms with Gasteiger partial charge < -0.3 is 30.6 Å². The van der Waals surface area contributed by atoms with Crippen molar-refractivity contribution in [2.75, 3.05) is 50.0 Å². The molecule has 4 rings (SSSR count). The highest BCUT2D eigenvalue weighted by Gasteiger charge is 2.23. The number of piperidine rings is 1. The molecule has 1 saturated heterocycles. The van der Waals surface area contributed by atoms with E-state index in [1.54, 1.807) is 6.33 Å². The lowest BCUT2D eigenvalue weighted by molar-refractivity contribution is 0.163. The van der Waals surface area contributed by atoms with Crippen LogP contribution in [0.1, 0.15) is 56.4 Å². The van der Waals surface area contributed by atoms with Crippen molar-refractivity contribution in [2.24, 2.45) is 0 Å². The lowest BCUT2D eigenvalue weighted by Crippen LogP contribution is -2.35. The van der Waals surface area contributed by atoms with E-state index in [0.29, 0.717) is 19.0 Å². The molecule has 4 N–H and O–H groups in total. The Hall–Kier alpha value is -2.75. The summed E-state index contributed by atoms with van der Waals surface area (Å²) in [5.41, 5.74) is 3.13. The predicted molar refractivity (Wildman–Crippen MR) is 135 cm³/mol. The van der Waals surface area contributed by atoms with Gasteiger partial charge in [0.05, 0.1) is 13.2 Å². The number of aromatic nitrogens is 3. The quantitative estimate of drug-likeness (QED) is 0.466. The Morgan fingerprint density at radius 1 is 1.03 bits per heavy atom. The second kappa shape index (κ2) is 10.7. The van der Waals surface area contributed by atoms with Gasteiger partial charge in [0.1, 0.15) is 23.8 Å². The van der Waals surface area contributed by atoms with Gasteiger partial charge in [0.25, 0.3) is 0 Å². The fourth-order valence-corrected chi connectivity index (χ4v) is 4.54. The first-order valence-electron chi connectivity index (χ1n) is 12.1. The number of hydrogen-bond acceptors (Lipinski definition) is 9. The Balaban J connectivity index is 1.54. The highest BCUT2D eigenvalue weighted by Crippen LogP contribution is 2.32. The molecule has 0 radical (unpaired) electrons. The number of hydrogen-bond donors (Lipinski definition) is 4. The van der Waals surface area contributed by atoms with Crippen LogP contribution in [0, 0.1) is 0 Å². The van der Waals surface area contributed by atoms with E-state index in [1.165, 1.54) is 0 Å². The number of aliphatic hydroxyl groups is 2. The van der Waals surface area contributed by atoms with E-state index >= 15 is 0 Å². The number of fused-ring (bicyclic) bond motifs is 1. The lowest BCUT2D eigenvalue weighted by Gasteiger charge is -2.31. The molecule has 184 valence electrons. The van der Waals surface area contributed by atoms with E-state index < -0.39 is 0 Å². The van der Waals surface area contributed by atoms with Crippen LogP contribution in [0.25, 0.3) is 6.08 Å². The van der Waals surface area contributed by atoms with Crippen LogP contribution in [0.4, 0.5) is 17.5 Å². The topological polar surface area (TPSA) is 110 Å². The third kappa shape index (κ3) is 6.22. The van der Waals surface area contributed by atoms with Crippen LogP contribution in [-0.2, 0) is 6.54 Å². The van der Waals surface area contributed by atoms with E-state index in [9.17, 15) is 10.2 Å². The van der Waals surface area contributed by atoms with Gasteiger partial charge in [-0.2, -0.15) is 0 Å². The molecule has 2 aliphatic heterocycles. The molecule has 0 amide bonds. The minimum Gasteiger partial charge on any atom is -0.395 e. The van der Waals surface area contributed by atoms with Crippen molar-refractivity contribution < 1.29 is 10.2 Å². The Bertz CT molecular complexity index is 997. The molecule has 34 heavy (non-hydrogen) atoms. The van der Waals surface area contributed by atoms with Gasteiger partial charge >= 0.3 is 0 Å². The van der Waals surface area contributed by atoms with Crippen molar-refractivity contribution in [3.8, 4) is 0 Å². The number of nitrogens with zero attached hydrogens (tertiary/aromatic N) is 5. The first kappa shape index (κ1) is 24.4. The van der Waals surface area contributed by atoms with Gasteiger partial charge in [-0.15, -0.1) is 0 Å². The highest BCUT2D eigenvalue weighted by atomic mass is 16.3. The first-order chi connectivity index (χ1) is 16.3. The smallest absolute Gasteiger partial charge is 0.135 e. The van der Waals surface area contributed by atoms with Crippen molar-refractivity contribution in [3.63, 3.8) is 0 Å². The van der Waals surface area contributed by atoms with Gasteiger partial charge in [0, 0.05) is 54.6 Å². The van der Waals surface area contributed by atoms with Crippen molar-refractivity contribution in [1.82, 2.24) is 24.8 Å². The first-order valence-corrected chi connectivity index (χ1v) is 12.1. The number of nitrogens with one attached hydrogen (secondary N) is 2. The summed E-state index contributed by atoms with van der Waals surface area (Å²) in [5.74, 6) is 2.70. The highest BCUT2D eigenvalue weighted by molar-refractivity contribution is 5.69. The largest absolute Gasteiger partial charge is 0.395 e. The van der Waals surface area contributed by atoms with Crippen LogP contribution in [-0.4, -0.2) is 79.9 Å². The van der Waals surface area contributed by atoms with Crippen molar-refractivity contribution in [3.05, 3.63) is 41.5 Å². The molecule has 0 atom stereocenters. The van der Waals surface area contributed by atoms with Gasteiger partial charge in [0.2, 0.25) is 0 Å². The molecule has 0 unspecified atom stereocenters. The molecule has 1 fully saturated rings. The zero-order chi connectivity index (χ0) is 24.1. The van der Waals surface area contributed by atoms with Crippen molar-refractivity contribution >= 4 is 23.5 Å². The lowest BCUT2D eigenvalue weighted by atomic mass is 9.93. The summed E-state index contributed by atoms with van der Waals surface area (Å²) in [4.78, 5) is 18.3. The summed E-state index contributed by atoms with van der Waals surface area (Å²) < 4.78 is 0. The molecule has 4 heterocycles. The number of anilines is 3. The zero-order valence-electron chi connectivity index (χ0n) is 20.5. The SMILES string of the molecule is CC(C)(C)Nc1nc(Nc2cc(C3CCN(CCO)CC3)ncn2)cc2c1CN(CCO)C=C2. The molecule has 9 nitrogen and oxygen atoms in total. The van der Waals surface area contributed by atoms with Gasteiger partial charge in [-0.05, 0) is 64.4 Å². The van der Waals surface area contributed by atoms with Crippen LogP contribution >= 0.6 is 0 Å². The Labute approximate surface area is 201 Å². The Morgan fingerprint density at radius 3 is 2.50 bits per heavy atom. The molecule has 0 aromatic carbocycles. The molecular weight excluding hydrogens is 430 g/mol. The number of β-amino-alcohol motifs (C(OH)–C–C–N with tert-alkyl or cyclic N) is 2.